The van der Waals surface area contributed by atoms with Crippen LogP contribution in [0.1, 0.15) is 12.2 Å². The normalized spacial score (nSPS) is 20.0. The molecular weight excluding hydrogens is 198 g/mol. The van der Waals surface area contributed by atoms with Crippen molar-refractivity contribution in [3.8, 4) is 0 Å². The summed E-state index contributed by atoms with van der Waals surface area (Å²) in [5.41, 5.74) is 0. The van der Waals surface area contributed by atoms with Crippen molar-refractivity contribution in [3.05, 3.63) is 18.0 Å². The molecule has 0 radical (unpaired) electrons. The maximum atomic E-state index is 11.5. The lowest BCUT2D eigenvalue weighted by Crippen LogP contribution is -2.31. The summed E-state index contributed by atoms with van der Waals surface area (Å²) in [6.07, 6.45) is 1.78. The number of amides is 2. The maximum absolute atomic E-state index is 11.5. The van der Waals surface area contributed by atoms with Crippen molar-refractivity contribution in [2.45, 2.75) is 13.0 Å². The quantitative estimate of drug-likeness (QED) is 0.698. The lowest BCUT2D eigenvalue weighted by molar-refractivity contribution is -0.126. The Bertz CT molecular complexity index is 361. The monoisotopic (exact) mass is 209 g/mol. The number of carbonyl (C=O) groups excluding carboxylic acids is 2. The van der Waals surface area contributed by atoms with Crippen molar-refractivity contribution in [1.29, 1.82) is 0 Å². The van der Waals surface area contributed by atoms with E-state index in [4.69, 9.17) is 4.52 Å². The van der Waals surface area contributed by atoms with E-state index in [9.17, 15) is 9.59 Å². The van der Waals surface area contributed by atoms with E-state index in [-0.39, 0.29) is 24.2 Å². The van der Waals surface area contributed by atoms with Gasteiger partial charge in [-0.15, -0.1) is 0 Å². The zero-order valence-electron chi connectivity index (χ0n) is 8.03. The second kappa shape index (κ2) is 4.12. The predicted octanol–water partition coefficient (Wildman–Crippen LogP) is -0.573. The molecule has 6 nitrogen and oxygen atoms in total. The van der Waals surface area contributed by atoms with Gasteiger partial charge in [0.25, 0.3) is 0 Å². The van der Waals surface area contributed by atoms with Crippen LogP contribution in [0.2, 0.25) is 0 Å². The van der Waals surface area contributed by atoms with Crippen LogP contribution in [0.3, 0.4) is 0 Å². The smallest absolute Gasteiger partial charge is 0.225 e. The molecule has 1 fully saturated rings. The van der Waals surface area contributed by atoms with Crippen LogP contribution >= 0.6 is 0 Å². The van der Waals surface area contributed by atoms with E-state index < -0.39 is 0 Å². The summed E-state index contributed by atoms with van der Waals surface area (Å²) < 4.78 is 4.82. The molecular formula is C9H11N3O3. The number of rotatable bonds is 3. The number of nitrogens with zero attached hydrogens (tertiary/aromatic N) is 1. The average Bonchev–Trinajstić information content (AvgIpc) is 2.84. The highest BCUT2D eigenvalue weighted by molar-refractivity contribution is 5.89. The van der Waals surface area contributed by atoms with E-state index in [1.807, 2.05) is 0 Å². The van der Waals surface area contributed by atoms with Crippen LogP contribution in [0.15, 0.2) is 16.8 Å². The van der Waals surface area contributed by atoms with E-state index in [1.54, 1.807) is 6.07 Å². The molecule has 0 bridgehead atoms. The molecule has 1 atom stereocenters. The van der Waals surface area contributed by atoms with E-state index in [0.717, 1.165) is 0 Å². The van der Waals surface area contributed by atoms with Gasteiger partial charge in [0.05, 0.1) is 18.7 Å². The van der Waals surface area contributed by atoms with Gasteiger partial charge in [0.15, 0.2) is 5.76 Å². The zero-order valence-corrected chi connectivity index (χ0v) is 8.03. The minimum atomic E-state index is -0.263. The fourth-order valence-electron chi connectivity index (χ4n) is 1.44. The first-order valence-electron chi connectivity index (χ1n) is 4.69. The van der Waals surface area contributed by atoms with Gasteiger partial charge in [-0.05, 0) is 0 Å². The molecule has 2 amide bonds. The molecule has 0 saturated carbocycles. The molecule has 0 aliphatic carbocycles. The van der Waals surface area contributed by atoms with Gasteiger partial charge >= 0.3 is 0 Å². The first kappa shape index (κ1) is 9.70. The molecule has 1 aromatic rings. The lowest BCUT2D eigenvalue weighted by Gasteiger charge is -2.06. The summed E-state index contributed by atoms with van der Waals surface area (Å²) in [5.74, 6) is 0.126. The first-order chi connectivity index (χ1) is 7.25. The summed E-state index contributed by atoms with van der Waals surface area (Å²) in [6.45, 7) is 0.727. The Kier molecular flexibility index (Phi) is 2.66. The topological polar surface area (TPSA) is 84.2 Å². The van der Waals surface area contributed by atoms with Gasteiger partial charge in [0, 0.05) is 19.0 Å². The molecule has 0 aromatic carbocycles. The summed E-state index contributed by atoms with van der Waals surface area (Å²) in [4.78, 5) is 22.4. The summed E-state index contributed by atoms with van der Waals surface area (Å²) in [7, 11) is 0. The number of nitrogens with one attached hydrogen (secondary N) is 2. The Labute approximate surface area is 86.0 Å². The third kappa shape index (κ3) is 2.34. The molecule has 2 heterocycles. The predicted molar refractivity (Wildman–Crippen MR) is 49.5 cm³/mol. The highest BCUT2D eigenvalue weighted by Gasteiger charge is 2.27. The molecule has 1 saturated heterocycles. The van der Waals surface area contributed by atoms with E-state index >= 15 is 0 Å². The van der Waals surface area contributed by atoms with Gasteiger partial charge in [0.1, 0.15) is 0 Å². The number of carbonyl (C=O) groups is 2. The third-order valence-corrected chi connectivity index (χ3v) is 2.28. The summed E-state index contributed by atoms with van der Waals surface area (Å²) in [5, 5.41) is 8.81. The third-order valence-electron chi connectivity index (χ3n) is 2.28. The highest BCUT2D eigenvalue weighted by atomic mass is 16.5. The van der Waals surface area contributed by atoms with Gasteiger partial charge < -0.3 is 15.2 Å². The molecule has 2 rings (SSSR count). The second-order valence-electron chi connectivity index (χ2n) is 3.40. The van der Waals surface area contributed by atoms with Crippen molar-refractivity contribution in [2.24, 2.45) is 5.92 Å². The molecule has 15 heavy (non-hydrogen) atoms. The Balaban J connectivity index is 1.80. The lowest BCUT2D eigenvalue weighted by atomic mass is 10.1. The van der Waals surface area contributed by atoms with Crippen LogP contribution in [0, 0.1) is 5.92 Å². The number of aromatic nitrogens is 1. The second-order valence-corrected chi connectivity index (χ2v) is 3.40. The Morgan fingerprint density at radius 1 is 1.73 bits per heavy atom. The van der Waals surface area contributed by atoms with Crippen LogP contribution in [0.5, 0.6) is 0 Å². The standard InChI is InChI=1S/C9H11N3O3/c13-8-3-6(4-10-8)9(14)11-5-7-1-2-12-15-7/h1-2,6H,3-5H2,(H,10,13)(H,11,14). The highest BCUT2D eigenvalue weighted by Crippen LogP contribution is 2.08. The molecule has 0 spiro atoms. The number of hydrogen-bond donors (Lipinski definition) is 2. The molecule has 1 aliphatic heterocycles. The van der Waals surface area contributed by atoms with Crippen molar-refractivity contribution in [3.63, 3.8) is 0 Å². The fraction of sp³-hybridized carbons (Fsp3) is 0.444. The Morgan fingerprint density at radius 3 is 3.20 bits per heavy atom. The molecule has 1 aromatic heterocycles. The SMILES string of the molecule is O=C1CC(C(=O)NCc2ccno2)CN1. The van der Waals surface area contributed by atoms with Gasteiger partial charge in [0.2, 0.25) is 11.8 Å². The largest absolute Gasteiger partial charge is 0.360 e. The van der Waals surface area contributed by atoms with E-state index in [2.05, 4.69) is 15.8 Å². The van der Waals surface area contributed by atoms with Gasteiger partial charge in [-0.25, -0.2) is 0 Å². The van der Waals surface area contributed by atoms with Crippen molar-refractivity contribution in [1.82, 2.24) is 15.8 Å². The maximum Gasteiger partial charge on any atom is 0.225 e. The van der Waals surface area contributed by atoms with E-state index in [1.165, 1.54) is 6.20 Å². The van der Waals surface area contributed by atoms with Crippen LogP contribution in [-0.4, -0.2) is 23.5 Å². The molecule has 2 N–H and O–H groups in total. The van der Waals surface area contributed by atoms with Crippen molar-refractivity contribution >= 4 is 11.8 Å². The first-order valence-corrected chi connectivity index (χ1v) is 4.69. The van der Waals surface area contributed by atoms with E-state index in [0.29, 0.717) is 18.8 Å². The molecule has 1 unspecified atom stereocenters. The minimum absolute atomic E-state index is 0.0742. The Hall–Kier alpha value is -1.85. The zero-order chi connectivity index (χ0) is 10.7. The van der Waals surface area contributed by atoms with Gasteiger partial charge in [-0.2, -0.15) is 0 Å². The molecule has 1 aliphatic rings. The average molecular weight is 209 g/mol. The molecule has 6 heteroatoms. The van der Waals surface area contributed by atoms with Crippen LogP contribution in [0.4, 0.5) is 0 Å². The van der Waals surface area contributed by atoms with Crippen molar-refractivity contribution in [2.75, 3.05) is 6.54 Å². The van der Waals surface area contributed by atoms with Crippen LogP contribution in [-0.2, 0) is 16.1 Å². The fourth-order valence-corrected chi connectivity index (χ4v) is 1.44. The minimum Gasteiger partial charge on any atom is -0.360 e. The molecule has 80 valence electrons. The summed E-state index contributed by atoms with van der Waals surface area (Å²) >= 11 is 0. The summed E-state index contributed by atoms with van der Waals surface area (Å²) in [6, 6.07) is 1.68. The number of hydrogen-bond acceptors (Lipinski definition) is 4. The van der Waals surface area contributed by atoms with Gasteiger partial charge in [-0.3, -0.25) is 9.59 Å². The van der Waals surface area contributed by atoms with Crippen molar-refractivity contribution < 1.29 is 14.1 Å². The Morgan fingerprint density at radius 2 is 2.60 bits per heavy atom. The van der Waals surface area contributed by atoms with Crippen LogP contribution < -0.4 is 10.6 Å². The van der Waals surface area contributed by atoms with Gasteiger partial charge in [-0.1, -0.05) is 5.16 Å². The van der Waals surface area contributed by atoms with Crippen LogP contribution in [0.25, 0.3) is 0 Å².